The molecule has 3 rings (SSSR count). The molecule has 0 aliphatic rings. The third-order valence-corrected chi connectivity index (χ3v) is 4.62. The summed E-state index contributed by atoms with van der Waals surface area (Å²) in [6, 6.07) is 21.8. The molecule has 0 aliphatic carbocycles. The van der Waals surface area contributed by atoms with Crippen LogP contribution in [0.1, 0.15) is 19.4 Å². The van der Waals surface area contributed by atoms with Gasteiger partial charge in [-0.05, 0) is 48.4 Å². The van der Waals surface area contributed by atoms with Crippen LogP contribution in [-0.2, 0) is 19.1 Å². The first-order valence-corrected chi connectivity index (χ1v) is 9.96. The predicted octanol–water partition coefficient (Wildman–Crippen LogP) is 3.93. The molecule has 31 heavy (non-hydrogen) atoms. The number of ether oxygens (including phenoxy) is 1. The summed E-state index contributed by atoms with van der Waals surface area (Å²) in [5.41, 5.74) is 1.48. The molecule has 0 fully saturated rings. The Kier molecular flexibility index (Phi) is 7.17. The van der Waals surface area contributed by atoms with Crippen molar-refractivity contribution in [2.75, 3.05) is 5.32 Å². The van der Waals surface area contributed by atoms with Gasteiger partial charge in [-0.1, -0.05) is 60.7 Å². The molecule has 6 heteroatoms. The van der Waals surface area contributed by atoms with Crippen LogP contribution in [0.15, 0.2) is 78.9 Å². The van der Waals surface area contributed by atoms with Gasteiger partial charge in [-0.15, -0.1) is 0 Å². The van der Waals surface area contributed by atoms with Crippen LogP contribution in [0.25, 0.3) is 16.8 Å². The number of carbonyl (C=O) groups is 3. The number of hydrogen-bond donors (Lipinski definition) is 2. The van der Waals surface area contributed by atoms with Crippen molar-refractivity contribution >= 4 is 40.3 Å². The number of anilines is 1. The second kappa shape index (κ2) is 10.2. The van der Waals surface area contributed by atoms with E-state index in [9.17, 15) is 14.4 Å². The van der Waals surface area contributed by atoms with Gasteiger partial charge in [-0.3, -0.25) is 9.59 Å². The molecule has 0 saturated carbocycles. The van der Waals surface area contributed by atoms with Crippen molar-refractivity contribution in [3.05, 3.63) is 84.4 Å². The van der Waals surface area contributed by atoms with Gasteiger partial charge in [0.1, 0.15) is 6.04 Å². The number of esters is 1. The topological polar surface area (TPSA) is 84.5 Å². The summed E-state index contributed by atoms with van der Waals surface area (Å²) in [6.07, 6.45) is 1.97. The Morgan fingerprint density at radius 2 is 1.55 bits per heavy atom. The SMILES string of the molecule is C[C@H](NC(=O)/C=C/c1ccccc1)C(=O)O[C@H](C)C(=O)Nc1ccc2ccccc2c1. The Morgan fingerprint density at radius 1 is 0.871 bits per heavy atom. The average Bonchev–Trinajstić information content (AvgIpc) is 2.78. The van der Waals surface area contributed by atoms with Crippen molar-refractivity contribution in [2.45, 2.75) is 26.0 Å². The van der Waals surface area contributed by atoms with Crippen molar-refractivity contribution in [3.8, 4) is 0 Å². The van der Waals surface area contributed by atoms with Crippen LogP contribution in [0.3, 0.4) is 0 Å². The molecule has 2 amide bonds. The number of fused-ring (bicyclic) bond motifs is 1. The molecule has 2 atom stereocenters. The summed E-state index contributed by atoms with van der Waals surface area (Å²) < 4.78 is 5.21. The monoisotopic (exact) mass is 416 g/mol. The second-order valence-corrected chi connectivity index (χ2v) is 7.10. The fraction of sp³-hybridized carbons (Fsp3) is 0.160. The molecule has 6 nitrogen and oxygen atoms in total. The Bertz CT molecular complexity index is 1110. The quantitative estimate of drug-likeness (QED) is 0.452. The lowest BCUT2D eigenvalue weighted by Gasteiger charge is -2.17. The number of nitrogens with one attached hydrogen (secondary N) is 2. The summed E-state index contributed by atoms with van der Waals surface area (Å²) in [6.45, 7) is 2.99. The van der Waals surface area contributed by atoms with E-state index < -0.39 is 29.9 Å². The van der Waals surface area contributed by atoms with Gasteiger partial charge in [0.2, 0.25) is 5.91 Å². The van der Waals surface area contributed by atoms with Gasteiger partial charge in [-0.2, -0.15) is 0 Å². The zero-order valence-corrected chi connectivity index (χ0v) is 17.4. The third-order valence-electron chi connectivity index (χ3n) is 4.62. The van der Waals surface area contributed by atoms with Crippen molar-refractivity contribution in [3.63, 3.8) is 0 Å². The highest BCUT2D eigenvalue weighted by Crippen LogP contribution is 2.19. The highest BCUT2D eigenvalue weighted by molar-refractivity contribution is 5.98. The molecule has 0 aromatic heterocycles. The summed E-state index contributed by atoms with van der Waals surface area (Å²) in [4.78, 5) is 36.7. The van der Waals surface area contributed by atoms with Gasteiger partial charge in [0.25, 0.3) is 5.91 Å². The van der Waals surface area contributed by atoms with Crippen molar-refractivity contribution in [1.82, 2.24) is 5.32 Å². The van der Waals surface area contributed by atoms with E-state index in [1.807, 2.05) is 66.7 Å². The number of benzene rings is 3. The van der Waals surface area contributed by atoms with Crippen LogP contribution in [0.4, 0.5) is 5.69 Å². The van der Waals surface area contributed by atoms with Crippen molar-refractivity contribution in [2.24, 2.45) is 0 Å². The molecule has 0 bridgehead atoms. The Morgan fingerprint density at radius 3 is 2.29 bits per heavy atom. The smallest absolute Gasteiger partial charge is 0.329 e. The molecule has 3 aromatic carbocycles. The van der Waals surface area contributed by atoms with Gasteiger partial charge in [0.15, 0.2) is 6.10 Å². The molecule has 2 N–H and O–H groups in total. The largest absolute Gasteiger partial charge is 0.451 e. The lowest BCUT2D eigenvalue weighted by atomic mass is 10.1. The Balaban J connectivity index is 1.50. The van der Waals surface area contributed by atoms with Crippen LogP contribution >= 0.6 is 0 Å². The second-order valence-electron chi connectivity index (χ2n) is 7.10. The predicted molar refractivity (Wildman–Crippen MR) is 121 cm³/mol. The normalized spacial score (nSPS) is 12.8. The van der Waals surface area contributed by atoms with Gasteiger partial charge in [-0.25, -0.2) is 4.79 Å². The summed E-state index contributed by atoms with van der Waals surface area (Å²) in [5.74, 6) is -1.57. The summed E-state index contributed by atoms with van der Waals surface area (Å²) in [7, 11) is 0. The van der Waals surface area contributed by atoms with Crippen molar-refractivity contribution < 1.29 is 19.1 Å². The highest BCUT2D eigenvalue weighted by Gasteiger charge is 2.22. The van der Waals surface area contributed by atoms with Crippen LogP contribution in [-0.4, -0.2) is 29.9 Å². The van der Waals surface area contributed by atoms with Crippen LogP contribution in [0.5, 0.6) is 0 Å². The minimum absolute atomic E-state index is 0.429. The minimum Gasteiger partial charge on any atom is -0.451 e. The van der Waals surface area contributed by atoms with E-state index >= 15 is 0 Å². The lowest BCUT2D eigenvalue weighted by Crippen LogP contribution is -2.41. The zero-order valence-electron chi connectivity index (χ0n) is 17.4. The summed E-state index contributed by atoms with van der Waals surface area (Å²) >= 11 is 0. The lowest BCUT2D eigenvalue weighted by molar-refractivity contribution is -0.155. The van der Waals surface area contributed by atoms with Crippen LogP contribution in [0.2, 0.25) is 0 Å². The fourth-order valence-corrected chi connectivity index (χ4v) is 2.90. The zero-order chi connectivity index (χ0) is 22.2. The molecule has 0 heterocycles. The van der Waals surface area contributed by atoms with Crippen LogP contribution in [0, 0.1) is 0 Å². The fourth-order valence-electron chi connectivity index (χ4n) is 2.90. The number of amides is 2. The summed E-state index contributed by atoms with van der Waals surface area (Å²) in [5, 5.41) is 7.33. The van der Waals surface area contributed by atoms with E-state index in [1.165, 1.54) is 19.9 Å². The van der Waals surface area contributed by atoms with E-state index in [2.05, 4.69) is 10.6 Å². The number of hydrogen-bond acceptors (Lipinski definition) is 4. The van der Waals surface area contributed by atoms with Gasteiger partial charge in [0.05, 0.1) is 0 Å². The van der Waals surface area contributed by atoms with Gasteiger partial charge < -0.3 is 15.4 Å². The standard InChI is InChI=1S/C25H24N2O4/c1-17(26-23(28)15-12-19-8-4-3-5-9-19)25(30)31-18(2)24(29)27-22-14-13-20-10-6-7-11-21(20)16-22/h3-18H,1-2H3,(H,26,28)(H,27,29)/b15-12+/t17-,18+/m0/s1. The molecule has 3 aromatic rings. The molecular weight excluding hydrogens is 392 g/mol. The number of rotatable bonds is 7. The van der Waals surface area contributed by atoms with E-state index in [-0.39, 0.29) is 0 Å². The maximum Gasteiger partial charge on any atom is 0.329 e. The average molecular weight is 416 g/mol. The molecule has 0 spiro atoms. The van der Waals surface area contributed by atoms with Gasteiger partial charge in [0, 0.05) is 11.8 Å². The minimum atomic E-state index is -1.02. The maximum absolute atomic E-state index is 12.4. The molecule has 158 valence electrons. The maximum atomic E-state index is 12.4. The van der Waals surface area contributed by atoms with E-state index in [0.717, 1.165) is 16.3 Å². The molecule has 0 saturated heterocycles. The molecule has 0 aliphatic heterocycles. The first kappa shape index (κ1) is 21.8. The number of carbonyl (C=O) groups excluding carboxylic acids is 3. The Labute approximate surface area is 180 Å². The van der Waals surface area contributed by atoms with E-state index in [1.54, 1.807) is 12.1 Å². The van der Waals surface area contributed by atoms with Crippen LogP contribution < -0.4 is 10.6 Å². The first-order valence-electron chi connectivity index (χ1n) is 9.96. The molecule has 0 unspecified atom stereocenters. The van der Waals surface area contributed by atoms with Gasteiger partial charge >= 0.3 is 5.97 Å². The molecular formula is C25H24N2O4. The van der Waals surface area contributed by atoms with E-state index in [0.29, 0.717) is 5.69 Å². The van der Waals surface area contributed by atoms with E-state index in [4.69, 9.17) is 4.74 Å². The first-order chi connectivity index (χ1) is 14.9. The Hall–Kier alpha value is -3.93. The molecule has 0 radical (unpaired) electrons. The highest BCUT2D eigenvalue weighted by atomic mass is 16.5. The van der Waals surface area contributed by atoms with Crippen molar-refractivity contribution in [1.29, 1.82) is 0 Å². The third kappa shape index (κ3) is 6.27.